The van der Waals surface area contributed by atoms with E-state index < -0.39 is 0 Å². The largest absolute Gasteiger partial charge is 0.496 e. The summed E-state index contributed by atoms with van der Waals surface area (Å²) in [5, 5.41) is 2.96. The topological polar surface area (TPSA) is 73.6 Å². The zero-order valence-electron chi connectivity index (χ0n) is 10.7. The first-order chi connectivity index (χ1) is 8.65. The van der Waals surface area contributed by atoms with E-state index in [1.807, 2.05) is 0 Å². The fourth-order valence-electron chi connectivity index (χ4n) is 1.91. The summed E-state index contributed by atoms with van der Waals surface area (Å²) in [7, 11) is 3.06. The molecule has 1 aliphatic carbocycles. The van der Waals surface area contributed by atoms with Crippen LogP contribution in [0.4, 0.5) is 0 Å². The minimum absolute atomic E-state index is 0.202. The van der Waals surface area contributed by atoms with E-state index in [1.54, 1.807) is 18.2 Å². The van der Waals surface area contributed by atoms with Gasteiger partial charge in [0.25, 0.3) is 5.91 Å². The molecule has 1 amide bonds. The molecule has 98 valence electrons. The molecule has 0 radical (unpaired) electrons. The van der Waals surface area contributed by atoms with E-state index in [0.29, 0.717) is 23.6 Å². The number of methoxy groups -OCH3 is 2. The molecule has 0 unspecified atom stereocenters. The van der Waals surface area contributed by atoms with Gasteiger partial charge in [0.1, 0.15) is 17.1 Å². The summed E-state index contributed by atoms with van der Waals surface area (Å²) in [5.41, 5.74) is 5.84. The summed E-state index contributed by atoms with van der Waals surface area (Å²) in [6.07, 6.45) is 1.85. The Bertz CT molecular complexity index is 433. The average Bonchev–Trinajstić information content (AvgIpc) is 3.17. The lowest BCUT2D eigenvalue weighted by Gasteiger charge is -2.17. The number of hydrogen-bond donors (Lipinski definition) is 2. The average molecular weight is 250 g/mol. The highest BCUT2D eigenvalue weighted by Gasteiger charge is 2.43. The lowest BCUT2D eigenvalue weighted by molar-refractivity contribution is 0.0926. The Hall–Kier alpha value is -1.75. The maximum absolute atomic E-state index is 12.3. The van der Waals surface area contributed by atoms with Gasteiger partial charge in [-0.15, -0.1) is 0 Å². The van der Waals surface area contributed by atoms with Gasteiger partial charge < -0.3 is 20.5 Å². The van der Waals surface area contributed by atoms with E-state index in [9.17, 15) is 4.79 Å². The summed E-state index contributed by atoms with van der Waals surface area (Å²) >= 11 is 0. The molecule has 0 heterocycles. The highest BCUT2D eigenvalue weighted by Crippen LogP contribution is 2.36. The fraction of sp³-hybridized carbons (Fsp3) is 0.462. The first-order valence-electron chi connectivity index (χ1n) is 5.89. The van der Waals surface area contributed by atoms with Crippen LogP contribution in [0.5, 0.6) is 11.5 Å². The number of nitrogens with one attached hydrogen (secondary N) is 1. The molecule has 0 saturated heterocycles. The minimum Gasteiger partial charge on any atom is -0.496 e. The van der Waals surface area contributed by atoms with Crippen LogP contribution in [-0.2, 0) is 0 Å². The van der Waals surface area contributed by atoms with Crippen molar-refractivity contribution in [3.8, 4) is 11.5 Å². The third-order valence-electron chi connectivity index (χ3n) is 3.28. The smallest absolute Gasteiger partial charge is 0.259 e. The second-order valence-electron chi connectivity index (χ2n) is 4.48. The molecule has 1 aliphatic rings. The van der Waals surface area contributed by atoms with Crippen molar-refractivity contribution in [1.82, 2.24) is 5.32 Å². The van der Waals surface area contributed by atoms with Crippen LogP contribution in [0, 0.1) is 0 Å². The third-order valence-corrected chi connectivity index (χ3v) is 3.28. The molecule has 1 aromatic carbocycles. The van der Waals surface area contributed by atoms with Crippen molar-refractivity contribution in [2.45, 2.75) is 18.4 Å². The predicted octanol–water partition coefficient (Wildman–Crippen LogP) is 0.925. The molecule has 0 bridgehead atoms. The molecule has 0 atom stereocenters. The second kappa shape index (κ2) is 4.86. The second-order valence-corrected chi connectivity index (χ2v) is 4.48. The van der Waals surface area contributed by atoms with Crippen LogP contribution >= 0.6 is 0 Å². The number of amides is 1. The zero-order valence-corrected chi connectivity index (χ0v) is 10.7. The van der Waals surface area contributed by atoms with Crippen molar-refractivity contribution in [3.63, 3.8) is 0 Å². The number of carbonyl (C=O) groups is 1. The number of carbonyl (C=O) groups excluding carboxylic acids is 1. The lowest BCUT2D eigenvalue weighted by Crippen LogP contribution is -2.42. The molecule has 0 aromatic heterocycles. The first-order valence-corrected chi connectivity index (χ1v) is 5.89. The number of ether oxygens (including phenoxy) is 2. The van der Waals surface area contributed by atoms with Gasteiger partial charge in [-0.2, -0.15) is 0 Å². The fourth-order valence-corrected chi connectivity index (χ4v) is 1.91. The first kappa shape index (κ1) is 12.7. The standard InChI is InChI=1S/C13H18N2O3/c1-17-9-4-3-5-10(18-2)11(9)12(16)15-13(8-14)6-7-13/h3-5H,6-8,14H2,1-2H3,(H,15,16). The maximum atomic E-state index is 12.3. The Morgan fingerprint density at radius 2 is 1.89 bits per heavy atom. The SMILES string of the molecule is COc1cccc(OC)c1C(=O)NC1(CN)CC1. The van der Waals surface area contributed by atoms with Crippen molar-refractivity contribution in [1.29, 1.82) is 0 Å². The van der Waals surface area contributed by atoms with E-state index in [-0.39, 0.29) is 11.4 Å². The van der Waals surface area contributed by atoms with Crippen LogP contribution in [0.3, 0.4) is 0 Å². The number of nitrogens with two attached hydrogens (primary N) is 1. The number of benzene rings is 1. The monoisotopic (exact) mass is 250 g/mol. The van der Waals surface area contributed by atoms with Crippen LogP contribution in [0.1, 0.15) is 23.2 Å². The highest BCUT2D eigenvalue weighted by atomic mass is 16.5. The molecule has 2 rings (SSSR count). The Balaban J connectivity index is 2.28. The van der Waals surface area contributed by atoms with E-state index in [0.717, 1.165) is 12.8 Å². The van der Waals surface area contributed by atoms with Crippen molar-refractivity contribution < 1.29 is 14.3 Å². The molecule has 1 saturated carbocycles. The molecular weight excluding hydrogens is 232 g/mol. The van der Waals surface area contributed by atoms with Gasteiger partial charge in [-0.25, -0.2) is 0 Å². The summed E-state index contributed by atoms with van der Waals surface area (Å²) in [6.45, 7) is 0.455. The quantitative estimate of drug-likeness (QED) is 0.815. The van der Waals surface area contributed by atoms with Gasteiger partial charge in [0.15, 0.2) is 0 Å². The van der Waals surface area contributed by atoms with Gasteiger partial charge in [-0.1, -0.05) is 6.07 Å². The summed E-state index contributed by atoms with van der Waals surface area (Å²) in [6, 6.07) is 5.25. The van der Waals surface area contributed by atoms with Crippen LogP contribution in [-0.4, -0.2) is 32.2 Å². The molecule has 0 spiro atoms. The molecular formula is C13H18N2O3. The van der Waals surface area contributed by atoms with Gasteiger partial charge in [0, 0.05) is 6.54 Å². The summed E-state index contributed by atoms with van der Waals surface area (Å²) in [4.78, 5) is 12.3. The van der Waals surface area contributed by atoms with Gasteiger partial charge in [0.2, 0.25) is 0 Å². The van der Waals surface area contributed by atoms with Crippen LogP contribution in [0.2, 0.25) is 0 Å². The molecule has 1 fully saturated rings. The van der Waals surface area contributed by atoms with Gasteiger partial charge in [-0.3, -0.25) is 4.79 Å². The minimum atomic E-state index is -0.233. The predicted molar refractivity (Wildman–Crippen MR) is 68.0 cm³/mol. The Labute approximate surface area is 106 Å². The molecule has 5 nitrogen and oxygen atoms in total. The number of rotatable bonds is 5. The van der Waals surface area contributed by atoms with E-state index in [1.165, 1.54) is 14.2 Å². The third kappa shape index (κ3) is 2.26. The Morgan fingerprint density at radius 1 is 1.33 bits per heavy atom. The Kier molecular flexibility index (Phi) is 3.43. The van der Waals surface area contributed by atoms with Gasteiger partial charge in [-0.05, 0) is 25.0 Å². The highest BCUT2D eigenvalue weighted by molar-refractivity contribution is 6.00. The molecule has 5 heteroatoms. The summed E-state index contributed by atoms with van der Waals surface area (Å²) < 4.78 is 10.4. The summed E-state index contributed by atoms with van der Waals surface area (Å²) in [5.74, 6) is 0.798. The van der Waals surface area contributed by atoms with E-state index in [2.05, 4.69) is 5.32 Å². The maximum Gasteiger partial charge on any atom is 0.259 e. The van der Waals surface area contributed by atoms with Crippen molar-refractivity contribution >= 4 is 5.91 Å². The van der Waals surface area contributed by atoms with Crippen molar-refractivity contribution in [3.05, 3.63) is 23.8 Å². The lowest BCUT2D eigenvalue weighted by atomic mass is 10.1. The molecule has 1 aromatic rings. The molecule has 3 N–H and O–H groups in total. The van der Waals surface area contributed by atoms with Crippen molar-refractivity contribution in [2.24, 2.45) is 5.73 Å². The van der Waals surface area contributed by atoms with Crippen LogP contribution in [0.25, 0.3) is 0 Å². The van der Waals surface area contributed by atoms with Crippen molar-refractivity contribution in [2.75, 3.05) is 20.8 Å². The van der Waals surface area contributed by atoms with Crippen LogP contribution < -0.4 is 20.5 Å². The molecule has 0 aliphatic heterocycles. The zero-order chi connectivity index (χ0) is 13.2. The van der Waals surface area contributed by atoms with E-state index in [4.69, 9.17) is 15.2 Å². The molecule has 18 heavy (non-hydrogen) atoms. The Morgan fingerprint density at radius 3 is 2.28 bits per heavy atom. The van der Waals surface area contributed by atoms with Gasteiger partial charge in [0.05, 0.1) is 19.8 Å². The normalized spacial score (nSPS) is 15.9. The van der Waals surface area contributed by atoms with Gasteiger partial charge >= 0.3 is 0 Å². The number of hydrogen-bond acceptors (Lipinski definition) is 4. The van der Waals surface area contributed by atoms with Crippen LogP contribution in [0.15, 0.2) is 18.2 Å². The van der Waals surface area contributed by atoms with E-state index >= 15 is 0 Å².